The molecule has 3 heteroatoms. The Morgan fingerprint density at radius 2 is 2.15 bits per heavy atom. The van der Waals surface area contributed by atoms with E-state index < -0.39 is 0 Å². The summed E-state index contributed by atoms with van der Waals surface area (Å²) in [6.45, 7) is 8.77. The number of nitrogens with one attached hydrogen (secondary N) is 1. The van der Waals surface area contributed by atoms with Gasteiger partial charge in [-0.15, -0.1) is 0 Å². The lowest BCUT2D eigenvalue weighted by molar-refractivity contribution is 0.190. The molecule has 0 spiro atoms. The van der Waals surface area contributed by atoms with Crippen molar-refractivity contribution in [3.05, 3.63) is 29.8 Å². The predicted octanol–water partition coefficient (Wildman–Crippen LogP) is 3.99. The van der Waals surface area contributed by atoms with E-state index >= 15 is 0 Å². The molecule has 1 heterocycles. The van der Waals surface area contributed by atoms with Gasteiger partial charge in [-0.1, -0.05) is 20.8 Å². The summed E-state index contributed by atoms with van der Waals surface area (Å²) in [6.07, 6.45) is 6.85. The van der Waals surface area contributed by atoms with Gasteiger partial charge >= 0.3 is 0 Å². The molecular weight excluding hydrogens is 251 g/mol. The van der Waals surface area contributed by atoms with Crippen LogP contribution in [0.2, 0.25) is 0 Å². The van der Waals surface area contributed by atoms with Crippen LogP contribution in [0.15, 0.2) is 18.5 Å². The first-order valence-electron chi connectivity index (χ1n) is 7.93. The summed E-state index contributed by atoms with van der Waals surface area (Å²) in [7, 11) is 0. The fourth-order valence-corrected chi connectivity index (χ4v) is 3.48. The minimum Gasteiger partial charge on any atom is -0.317 e. The van der Waals surface area contributed by atoms with Crippen molar-refractivity contribution in [3.63, 3.8) is 0 Å². The normalized spacial score (nSPS) is 26.9. The van der Waals surface area contributed by atoms with Crippen molar-refractivity contribution in [2.75, 3.05) is 13.1 Å². The van der Waals surface area contributed by atoms with Crippen molar-refractivity contribution >= 4 is 0 Å². The summed E-state index contributed by atoms with van der Waals surface area (Å²) in [5.41, 5.74) is 1.08. The smallest absolute Gasteiger partial charge is 0.141 e. The molecule has 0 bridgehead atoms. The number of rotatable bonds is 5. The van der Waals surface area contributed by atoms with Gasteiger partial charge in [0.15, 0.2) is 0 Å². The van der Waals surface area contributed by atoms with Crippen LogP contribution in [0, 0.1) is 23.6 Å². The zero-order chi connectivity index (χ0) is 14.5. The first-order chi connectivity index (χ1) is 9.61. The molecule has 1 aliphatic carbocycles. The maximum atomic E-state index is 13.5. The first kappa shape index (κ1) is 15.4. The van der Waals surface area contributed by atoms with Gasteiger partial charge in [-0.3, -0.25) is 4.98 Å². The van der Waals surface area contributed by atoms with Crippen LogP contribution in [0.5, 0.6) is 0 Å². The van der Waals surface area contributed by atoms with Gasteiger partial charge in [0.25, 0.3) is 0 Å². The Labute approximate surface area is 122 Å². The molecule has 1 saturated carbocycles. The van der Waals surface area contributed by atoms with Crippen molar-refractivity contribution in [1.29, 1.82) is 0 Å². The first-order valence-corrected chi connectivity index (χ1v) is 7.93. The molecule has 1 aliphatic rings. The molecule has 1 aromatic heterocycles. The number of hydrogen-bond donors (Lipinski definition) is 1. The molecule has 1 N–H and O–H groups in total. The SMILES string of the molecule is CCNCC1CCC(C(C)C)CC1c1cncc(F)c1. The Kier molecular flexibility index (Phi) is 5.53. The van der Waals surface area contributed by atoms with E-state index in [1.54, 1.807) is 6.07 Å². The van der Waals surface area contributed by atoms with Crippen LogP contribution in [0.25, 0.3) is 0 Å². The Bertz CT molecular complexity index is 419. The van der Waals surface area contributed by atoms with Gasteiger partial charge in [-0.05, 0) is 67.7 Å². The number of hydrogen-bond acceptors (Lipinski definition) is 2. The molecule has 1 fully saturated rings. The molecule has 2 nitrogen and oxygen atoms in total. The van der Waals surface area contributed by atoms with Gasteiger partial charge < -0.3 is 5.32 Å². The summed E-state index contributed by atoms with van der Waals surface area (Å²) in [4.78, 5) is 4.05. The third-order valence-corrected chi connectivity index (χ3v) is 4.79. The fourth-order valence-electron chi connectivity index (χ4n) is 3.48. The molecule has 112 valence electrons. The Balaban J connectivity index is 2.16. The average molecular weight is 278 g/mol. The molecule has 0 radical (unpaired) electrons. The molecule has 20 heavy (non-hydrogen) atoms. The number of pyridine rings is 1. The number of halogens is 1. The standard InChI is InChI=1S/C17H27FN2/c1-4-19-9-14-6-5-13(12(2)3)8-17(14)15-7-16(18)11-20-10-15/h7,10-14,17,19H,4-6,8-9H2,1-3H3. The van der Waals surface area contributed by atoms with Crippen LogP contribution < -0.4 is 5.32 Å². The zero-order valence-electron chi connectivity index (χ0n) is 12.9. The van der Waals surface area contributed by atoms with Crippen LogP contribution in [0.1, 0.15) is 51.5 Å². The van der Waals surface area contributed by atoms with E-state index in [-0.39, 0.29) is 5.82 Å². The summed E-state index contributed by atoms with van der Waals surface area (Å²) < 4.78 is 13.5. The Hall–Kier alpha value is -0.960. The van der Waals surface area contributed by atoms with Crippen molar-refractivity contribution < 1.29 is 4.39 Å². The number of nitrogens with zero attached hydrogens (tertiary/aromatic N) is 1. The molecule has 2 rings (SSSR count). The highest BCUT2D eigenvalue weighted by atomic mass is 19.1. The fraction of sp³-hybridized carbons (Fsp3) is 0.706. The molecule has 0 saturated heterocycles. The number of aromatic nitrogens is 1. The molecular formula is C17H27FN2. The quantitative estimate of drug-likeness (QED) is 0.881. The van der Waals surface area contributed by atoms with E-state index in [9.17, 15) is 4.39 Å². The molecule has 1 aromatic rings. The summed E-state index contributed by atoms with van der Waals surface area (Å²) >= 11 is 0. The molecule has 3 atom stereocenters. The van der Waals surface area contributed by atoms with E-state index in [1.165, 1.54) is 25.5 Å². The van der Waals surface area contributed by atoms with E-state index in [2.05, 4.69) is 31.1 Å². The van der Waals surface area contributed by atoms with Crippen LogP contribution in [0.3, 0.4) is 0 Å². The lowest BCUT2D eigenvalue weighted by Gasteiger charge is -2.38. The van der Waals surface area contributed by atoms with Gasteiger partial charge in [0, 0.05) is 6.20 Å². The zero-order valence-corrected chi connectivity index (χ0v) is 12.9. The highest BCUT2D eigenvalue weighted by molar-refractivity contribution is 5.18. The second kappa shape index (κ2) is 7.16. The molecule has 3 unspecified atom stereocenters. The van der Waals surface area contributed by atoms with E-state index in [0.29, 0.717) is 17.8 Å². The predicted molar refractivity (Wildman–Crippen MR) is 81.1 cm³/mol. The highest BCUT2D eigenvalue weighted by Crippen LogP contribution is 2.42. The summed E-state index contributed by atoms with van der Waals surface area (Å²) in [6, 6.07) is 1.68. The van der Waals surface area contributed by atoms with Gasteiger partial charge in [0.1, 0.15) is 5.82 Å². The summed E-state index contributed by atoms with van der Waals surface area (Å²) in [5.74, 6) is 2.29. The van der Waals surface area contributed by atoms with Gasteiger partial charge in [0.2, 0.25) is 0 Å². The van der Waals surface area contributed by atoms with E-state index in [0.717, 1.165) is 24.6 Å². The van der Waals surface area contributed by atoms with E-state index in [4.69, 9.17) is 0 Å². The van der Waals surface area contributed by atoms with Crippen molar-refractivity contribution in [1.82, 2.24) is 10.3 Å². The Morgan fingerprint density at radius 1 is 1.35 bits per heavy atom. The second-order valence-electron chi connectivity index (χ2n) is 6.43. The Morgan fingerprint density at radius 3 is 2.80 bits per heavy atom. The largest absolute Gasteiger partial charge is 0.317 e. The highest BCUT2D eigenvalue weighted by Gasteiger charge is 2.32. The maximum absolute atomic E-state index is 13.5. The lowest BCUT2D eigenvalue weighted by atomic mass is 9.68. The van der Waals surface area contributed by atoms with Crippen LogP contribution >= 0.6 is 0 Å². The van der Waals surface area contributed by atoms with E-state index in [1.807, 2.05) is 6.20 Å². The minimum atomic E-state index is -0.212. The maximum Gasteiger partial charge on any atom is 0.141 e. The third-order valence-electron chi connectivity index (χ3n) is 4.79. The van der Waals surface area contributed by atoms with Crippen LogP contribution in [-0.4, -0.2) is 18.1 Å². The minimum absolute atomic E-state index is 0.212. The third kappa shape index (κ3) is 3.78. The van der Waals surface area contributed by atoms with Crippen molar-refractivity contribution in [2.24, 2.45) is 17.8 Å². The van der Waals surface area contributed by atoms with Crippen LogP contribution in [-0.2, 0) is 0 Å². The summed E-state index contributed by atoms with van der Waals surface area (Å²) in [5, 5.41) is 3.46. The molecule has 0 aromatic carbocycles. The van der Waals surface area contributed by atoms with Crippen molar-refractivity contribution in [2.45, 2.75) is 46.0 Å². The van der Waals surface area contributed by atoms with Gasteiger partial charge in [-0.25, -0.2) is 4.39 Å². The molecule has 0 amide bonds. The molecule has 0 aliphatic heterocycles. The lowest BCUT2D eigenvalue weighted by Crippen LogP contribution is -2.33. The van der Waals surface area contributed by atoms with Crippen molar-refractivity contribution in [3.8, 4) is 0 Å². The topological polar surface area (TPSA) is 24.9 Å². The average Bonchev–Trinajstić information content (AvgIpc) is 2.44. The van der Waals surface area contributed by atoms with Crippen LogP contribution in [0.4, 0.5) is 4.39 Å². The van der Waals surface area contributed by atoms with Gasteiger partial charge in [0.05, 0.1) is 6.20 Å². The van der Waals surface area contributed by atoms with Gasteiger partial charge in [-0.2, -0.15) is 0 Å². The second-order valence-corrected chi connectivity index (χ2v) is 6.43. The monoisotopic (exact) mass is 278 g/mol.